The van der Waals surface area contributed by atoms with E-state index in [0.717, 1.165) is 22.6 Å². The third-order valence-corrected chi connectivity index (χ3v) is 3.87. The maximum atomic E-state index is 11.8. The Balaban J connectivity index is 1.46. The number of nitriles is 1. The number of pyridine rings is 1. The van der Waals surface area contributed by atoms with Gasteiger partial charge in [0.1, 0.15) is 19.0 Å². The molecule has 0 spiro atoms. The number of carbonyl (C=O) groups is 1. The van der Waals surface area contributed by atoms with Gasteiger partial charge in [-0.1, -0.05) is 30.3 Å². The highest BCUT2D eigenvalue weighted by Crippen LogP contribution is 2.15. The Morgan fingerprint density at radius 2 is 1.79 bits per heavy atom. The Labute approximate surface area is 163 Å². The number of aromatic nitrogens is 1. The van der Waals surface area contributed by atoms with Gasteiger partial charge in [-0.3, -0.25) is 4.98 Å². The number of nitrogens with zero attached hydrogens (tertiary/aromatic N) is 2. The largest absolute Gasteiger partial charge is 0.487 e. The van der Waals surface area contributed by atoms with Crippen molar-refractivity contribution in [3.05, 3.63) is 101 Å². The molecule has 0 amide bonds. The minimum absolute atomic E-state index is 0.162. The van der Waals surface area contributed by atoms with Crippen molar-refractivity contribution in [1.82, 2.24) is 4.98 Å². The Morgan fingerprint density at radius 3 is 2.46 bits per heavy atom. The number of hydrogen-bond acceptors (Lipinski definition) is 5. The first kappa shape index (κ1) is 18.9. The van der Waals surface area contributed by atoms with Crippen molar-refractivity contribution in [2.45, 2.75) is 13.2 Å². The SMILES string of the molecule is N#Cc1ccc(COC(=O)C=Cc2ccc(OCc3ccccn3)cc2)cc1. The third-order valence-electron chi connectivity index (χ3n) is 3.87. The summed E-state index contributed by atoms with van der Waals surface area (Å²) in [5.74, 6) is 0.297. The number of benzene rings is 2. The molecule has 3 aromatic rings. The molecule has 3 rings (SSSR count). The standard InChI is InChI=1S/C23H18N2O3/c24-15-19-4-6-20(7-5-19)16-28-23(26)13-10-18-8-11-22(12-9-18)27-17-21-3-1-2-14-25-21/h1-14H,16-17H2. The molecule has 0 atom stereocenters. The van der Waals surface area contributed by atoms with E-state index in [1.807, 2.05) is 48.5 Å². The summed E-state index contributed by atoms with van der Waals surface area (Å²) in [5.41, 5.74) is 3.12. The number of esters is 1. The van der Waals surface area contributed by atoms with E-state index in [4.69, 9.17) is 14.7 Å². The fraction of sp³-hybridized carbons (Fsp3) is 0.0870. The highest BCUT2D eigenvalue weighted by atomic mass is 16.5. The van der Waals surface area contributed by atoms with Crippen molar-refractivity contribution in [3.63, 3.8) is 0 Å². The quantitative estimate of drug-likeness (QED) is 0.458. The molecule has 0 N–H and O–H groups in total. The number of hydrogen-bond donors (Lipinski definition) is 0. The van der Waals surface area contributed by atoms with E-state index in [1.165, 1.54) is 6.08 Å². The maximum absolute atomic E-state index is 11.8. The molecule has 0 unspecified atom stereocenters. The summed E-state index contributed by atoms with van der Waals surface area (Å²) in [4.78, 5) is 16.1. The van der Waals surface area contributed by atoms with Crippen LogP contribution in [0.15, 0.2) is 79.0 Å². The minimum atomic E-state index is -0.431. The fourth-order valence-electron chi connectivity index (χ4n) is 2.36. The van der Waals surface area contributed by atoms with Crippen LogP contribution in [-0.2, 0) is 22.7 Å². The van der Waals surface area contributed by atoms with Crippen molar-refractivity contribution in [3.8, 4) is 11.8 Å². The molecule has 2 aromatic carbocycles. The van der Waals surface area contributed by atoms with Crippen molar-refractivity contribution in [2.75, 3.05) is 0 Å². The average Bonchev–Trinajstić information content (AvgIpc) is 2.76. The number of ether oxygens (including phenoxy) is 2. The smallest absolute Gasteiger partial charge is 0.331 e. The van der Waals surface area contributed by atoms with Crippen molar-refractivity contribution in [2.24, 2.45) is 0 Å². The van der Waals surface area contributed by atoms with Crippen LogP contribution in [-0.4, -0.2) is 11.0 Å². The van der Waals surface area contributed by atoms with E-state index in [1.54, 1.807) is 36.5 Å². The molecule has 0 radical (unpaired) electrons. The molecule has 28 heavy (non-hydrogen) atoms. The van der Waals surface area contributed by atoms with Crippen LogP contribution < -0.4 is 4.74 Å². The molecule has 5 heteroatoms. The second kappa shape index (κ2) is 9.70. The topological polar surface area (TPSA) is 72.2 Å². The highest BCUT2D eigenvalue weighted by molar-refractivity contribution is 5.87. The minimum Gasteiger partial charge on any atom is -0.487 e. The summed E-state index contributed by atoms with van der Waals surface area (Å²) >= 11 is 0. The normalized spacial score (nSPS) is 10.4. The predicted molar refractivity (Wildman–Crippen MR) is 105 cm³/mol. The first-order valence-corrected chi connectivity index (χ1v) is 8.69. The van der Waals surface area contributed by atoms with Crippen LogP contribution >= 0.6 is 0 Å². The van der Waals surface area contributed by atoms with Gasteiger partial charge in [0, 0.05) is 12.3 Å². The molecule has 0 aliphatic rings. The van der Waals surface area contributed by atoms with Crippen LogP contribution in [0.2, 0.25) is 0 Å². The molecule has 0 aliphatic carbocycles. The van der Waals surface area contributed by atoms with Crippen LogP contribution in [0.1, 0.15) is 22.4 Å². The van der Waals surface area contributed by atoms with E-state index in [9.17, 15) is 4.79 Å². The second-order valence-electron chi connectivity index (χ2n) is 5.93. The van der Waals surface area contributed by atoms with Gasteiger partial charge in [0.15, 0.2) is 0 Å². The molecule has 1 aromatic heterocycles. The van der Waals surface area contributed by atoms with Gasteiger partial charge < -0.3 is 9.47 Å². The lowest BCUT2D eigenvalue weighted by molar-refractivity contribution is -0.138. The zero-order valence-electron chi connectivity index (χ0n) is 15.1. The first-order valence-electron chi connectivity index (χ1n) is 8.69. The van der Waals surface area contributed by atoms with Gasteiger partial charge in [-0.25, -0.2) is 4.79 Å². The fourth-order valence-corrected chi connectivity index (χ4v) is 2.36. The summed E-state index contributed by atoms with van der Waals surface area (Å²) in [7, 11) is 0. The third kappa shape index (κ3) is 5.82. The molecule has 138 valence electrons. The van der Waals surface area contributed by atoms with E-state index >= 15 is 0 Å². The van der Waals surface area contributed by atoms with E-state index in [-0.39, 0.29) is 6.61 Å². The zero-order chi connectivity index (χ0) is 19.6. The summed E-state index contributed by atoms with van der Waals surface area (Å²) in [5, 5.41) is 8.77. The van der Waals surface area contributed by atoms with Crippen LogP contribution in [0.5, 0.6) is 5.75 Å². The van der Waals surface area contributed by atoms with Gasteiger partial charge >= 0.3 is 5.97 Å². The van der Waals surface area contributed by atoms with E-state index in [0.29, 0.717) is 12.2 Å². The monoisotopic (exact) mass is 370 g/mol. The lowest BCUT2D eigenvalue weighted by Crippen LogP contribution is -2.00. The van der Waals surface area contributed by atoms with E-state index < -0.39 is 5.97 Å². The summed E-state index contributed by atoms with van der Waals surface area (Å²) in [6.07, 6.45) is 4.80. The van der Waals surface area contributed by atoms with Gasteiger partial charge in [0.25, 0.3) is 0 Å². The molecule has 0 aliphatic heterocycles. The molecule has 1 heterocycles. The van der Waals surface area contributed by atoms with Crippen molar-refractivity contribution < 1.29 is 14.3 Å². The van der Waals surface area contributed by atoms with E-state index in [2.05, 4.69) is 4.98 Å². The molecule has 0 bridgehead atoms. The van der Waals surface area contributed by atoms with Gasteiger partial charge in [0.2, 0.25) is 0 Å². The average molecular weight is 370 g/mol. The van der Waals surface area contributed by atoms with Crippen LogP contribution in [0.25, 0.3) is 6.08 Å². The zero-order valence-corrected chi connectivity index (χ0v) is 15.1. The van der Waals surface area contributed by atoms with Gasteiger partial charge in [-0.15, -0.1) is 0 Å². The van der Waals surface area contributed by atoms with Crippen LogP contribution in [0.3, 0.4) is 0 Å². The van der Waals surface area contributed by atoms with Crippen molar-refractivity contribution >= 4 is 12.0 Å². The molecular weight excluding hydrogens is 352 g/mol. The summed E-state index contributed by atoms with van der Waals surface area (Å²) < 4.78 is 10.9. The van der Waals surface area contributed by atoms with Gasteiger partial charge in [-0.05, 0) is 53.6 Å². The molecular formula is C23H18N2O3. The van der Waals surface area contributed by atoms with Gasteiger partial charge in [-0.2, -0.15) is 5.26 Å². The first-order chi connectivity index (χ1) is 13.7. The Morgan fingerprint density at radius 1 is 1.00 bits per heavy atom. The van der Waals surface area contributed by atoms with Crippen LogP contribution in [0.4, 0.5) is 0 Å². The second-order valence-corrected chi connectivity index (χ2v) is 5.93. The predicted octanol–water partition coefficient (Wildman–Crippen LogP) is 4.29. The maximum Gasteiger partial charge on any atom is 0.331 e. The molecule has 0 saturated carbocycles. The lowest BCUT2D eigenvalue weighted by Gasteiger charge is -2.05. The summed E-state index contributed by atoms with van der Waals surface area (Å²) in [6.45, 7) is 0.562. The Bertz CT molecular complexity index is 973. The Hall–Kier alpha value is -3.91. The lowest BCUT2D eigenvalue weighted by atomic mass is 10.2. The molecule has 0 fully saturated rings. The molecule has 5 nitrogen and oxygen atoms in total. The molecule has 0 saturated heterocycles. The van der Waals surface area contributed by atoms with Crippen molar-refractivity contribution in [1.29, 1.82) is 5.26 Å². The highest BCUT2D eigenvalue weighted by Gasteiger charge is 2.00. The Kier molecular flexibility index (Phi) is 6.53. The summed E-state index contributed by atoms with van der Waals surface area (Å²) in [6, 6.07) is 22.0. The number of rotatable bonds is 7. The number of carbonyl (C=O) groups excluding carboxylic acids is 1. The van der Waals surface area contributed by atoms with Crippen LogP contribution in [0, 0.1) is 11.3 Å². The van der Waals surface area contributed by atoms with Gasteiger partial charge in [0.05, 0.1) is 17.3 Å².